The molecule has 0 N–H and O–H groups in total. The van der Waals surface area contributed by atoms with E-state index in [0.29, 0.717) is 31.1 Å². The van der Waals surface area contributed by atoms with E-state index in [4.69, 9.17) is 4.98 Å². The zero-order valence-corrected chi connectivity index (χ0v) is 17.8. The molecule has 5 rings (SSSR count). The van der Waals surface area contributed by atoms with Crippen LogP contribution in [0.3, 0.4) is 0 Å². The van der Waals surface area contributed by atoms with Crippen LogP contribution in [0.1, 0.15) is 15.2 Å². The van der Waals surface area contributed by atoms with Crippen LogP contribution in [0.2, 0.25) is 0 Å². The van der Waals surface area contributed by atoms with Gasteiger partial charge in [-0.1, -0.05) is 12.1 Å². The fourth-order valence-electron chi connectivity index (χ4n) is 3.95. The van der Waals surface area contributed by atoms with Crippen LogP contribution in [0, 0.1) is 17.0 Å². The minimum Gasteiger partial charge on any atom is -0.368 e. The average Bonchev–Trinajstić information content (AvgIpc) is 3.20. The number of aromatic nitrogens is 1. The molecule has 0 unspecified atom stereocenters. The van der Waals surface area contributed by atoms with Gasteiger partial charge in [-0.25, -0.2) is 4.98 Å². The molecule has 0 bridgehead atoms. The molecule has 1 aliphatic heterocycles. The van der Waals surface area contributed by atoms with Gasteiger partial charge in [0.05, 0.1) is 15.3 Å². The molecule has 2 aromatic heterocycles. The number of carbonyl (C=O) groups is 1. The summed E-state index contributed by atoms with van der Waals surface area (Å²) >= 11 is 1.44. The lowest BCUT2D eigenvalue weighted by molar-refractivity contribution is -0.384. The maximum Gasteiger partial charge on any atom is 0.269 e. The van der Waals surface area contributed by atoms with Crippen molar-refractivity contribution in [1.82, 2.24) is 9.88 Å². The first-order valence-electron chi connectivity index (χ1n) is 10.1. The van der Waals surface area contributed by atoms with Crippen molar-refractivity contribution in [2.45, 2.75) is 6.92 Å². The Morgan fingerprint density at radius 2 is 1.74 bits per heavy atom. The van der Waals surface area contributed by atoms with Crippen LogP contribution in [0.25, 0.3) is 21.1 Å². The molecule has 2 aromatic carbocycles. The third kappa shape index (κ3) is 3.70. The van der Waals surface area contributed by atoms with Crippen molar-refractivity contribution in [3.8, 4) is 0 Å². The molecule has 0 aliphatic carbocycles. The van der Waals surface area contributed by atoms with Gasteiger partial charge >= 0.3 is 0 Å². The molecular formula is C23H20N4O3S. The predicted molar refractivity (Wildman–Crippen MR) is 123 cm³/mol. The van der Waals surface area contributed by atoms with E-state index in [2.05, 4.69) is 29.2 Å². The van der Waals surface area contributed by atoms with Crippen LogP contribution >= 0.6 is 11.3 Å². The average molecular weight is 433 g/mol. The Kier molecular flexibility index (Phi) is 4.78. The second kappa shape index (κ2) is 7.63. The number of non-ortho nitro benzene ring substituents is 1. The van der Waals surface area contributed by atoms with Crippen molar-refractivity contribution in [3.63, 3.8) is 0 Å². The molecule has 0 atom stereocenters. The summed E-state index contributed by atoms with van der Waals surface area (Å²) < 4.78 is 0. The van der Waals surface area contributed by atoms with Crippen molar-refractivity contribution >= 4 is 49.7 Å². The van der Waals surface area contributed by atoms with Gasteiger partial charge in [-0.15, -0.1) is 11.3 Å². The van der Waals surface area contributed by atoms with Gasteiger partial charge in [0.25, 0.3) is 11.6 Å². The van der Waals surface area contributed by atoms with E-state index in [1.165, 1.54) is 23.5 Å². The normalized spacial score (nSPS) is 14.4. The van der Waals surface area contributed by atoms with Gasteiger partial charge in [0, 0.05) is 54.8 Å². The number of thiophene rings is 1. The molecule has 31 heavy (non-hydrogen) atoms. The van der Waals surface area contributed by atoms with Crippen molar-refractivity contribution in [3.05, 3.63) is 75.2 Å². The Hall–Kier alpha value is -3.52. The maximum absolute atomic E-state index is 13.1. The standard InChI is InChI=1S/C23H20N4O3S/c1-15-2-3-16-13-17-14-21(31-22(17)24-20(16)12-15)23(28)26-10-8-25(9-11-26)18-4-6-19(7-5-18)27(29)30/h2-7,12-14H,8-11H2,1H3. The smallest absolute Gasteiger partial charge is 0.269 e. The first-order valence-corrected chi connectivity index (χ1v) is 10.9. The number of piperazine rings is 1. The van der Waals surface area contributed by atoms with E-state index in [1.54, 1.807) is 12.1 Å². The first kappa shape index (κ1) is 19.4. The zero-order chi connectivity index (χ0) is 21.5. The molecule has 1 saturated heterocycles. The van der Waals surface area contributed by atoms with Crippen LogP contribution in [0.15, 0.2) is 54.6 Å². The van der Waals surface area contributed by atoms with Gasteiger partial charge in [-0.3, -0.25) is 14.9 Å². The highest BCUT2D eigenvalue weighted by molar-refractivity contribution is 7.20. The number of hydrogen-bond acceptors (Lipinski definition) is 6. The fourth-order valence-corrected chi connectivity index (χ4v) is 4.94. The molecule has 1 aliphatic rings. The van der Waals surface area contributed by atoms with Gasteiger partial charge in [-0.2, -0.15) is 0 Å². The molecule has 3 heterocycles. The van der Waals surface area contributed by atoms with E-state index in [0.717, 1.165) is 32.4 Å². The number of aryl methyl sites for hydroxylation is 1. The Bertz CT molecular complexity index is 1310. The molecule has 156 valence electrons. The maximum atomic E-state index is 13.1. The lowest BCUT2D eigenvalue weighted by atomic mass is 10.1. The summed E-state index contributed by atoms with van der Waals surface area (Å²) in [5, 5.41) is 12.9. The molecule has 0 saturated carbocycles. The van der Waals surface area contributed by atoms with Gasteiger partial charge in [0.15, 0.2) is 0 Å². The number of amides is 1. The van der Waals surface area contributed by atoms with Crippen molar-refractivity contribution in [1.29, 1.82) is 0 Å². The minimum absolute atomic E-state index is 0.0339. The largest absolute Gasteiger partial charge is 0.368 e. The molecule has 0 radical (unpaired) electrons. The molecule has 7 nitrogen and oxygen atoms in total. The lowest BCUT2D eigenvalue weighted by Gasteiger charge is -2.35. The van der Waals surface area contributed by atoms with E-state index in [1.807, 2.05) is 17.9 Å². The monoisotopic (exact) mass is 432 g/mol. The summed E-state index contributed by atoms with van der Waals surface area (Å²) in [4.78, 5) is 33.9. The van der Waals surface area contributed by atoms with Crippen LogP contribution in [-0.2, 0) is 0 Å². The Balaban J connectivity index is 1.31. The predicted octanol–water partition coefficient (Wildman–Crippen LogP) is 4.63. The van der Waals surface area contributed by atoms with E-state index in [-0.39, 0.29) is 11.6 Å². The summed E-state index contributed by atoms with van der Waals surface area (Å²) in [6, 6.07) is 16.8. The van der Waals surface area contributed by atoms with E-state index in [9.17, 15) is 14.9 Å². The Labute approximate surface area is 182 Å². The van der Waals surface area contributed by atoms with Crippen LogP contribution in [0.4, 0.5) is 11.4 Å². The van der Waals surface area contributed by atoms with Gasteiger partial charge in [-0.05, 0) is 42.8 Å². The van der Waals surface area contributed by atoms with Gasteiger partial charge in [0.1, 0.15) is 4.83 Å². The van der Waals surface area contributed by atoms with E-state index >= 15 is 0 Å². The highest BCUT2D eigenvalue weighted by Crippen LogP contribution is 2.29. The van der Waals surface area contributed by atoms with Crippen LogP contribution in [-0.4, -0.2) is 46.9 Å². The van der Waals surface area contributed by atoms with E-state index < -0.39 is 4.92 Å². The molecule has 0 spiro atoms. The van der Waals surface area contributed by atoms with Crippen molar-refractivity contribution < 1.29 is 9.72 Å². The Morgan fingerprint density at radius 1 is 1.00 bits per heavy atom. The second-order valence-corrected chi connectivity index (χ2v) is 8.77. The number of hydrogen-bond donors (Lipinski definition) is 0. The fraction of sp³-hybridized carbons (Fsp3) is 0.217. The summed E-state index contributed by atoms with van der Waals surface area (Å²) in [7, 11) is 0. The van der Waals surface area contributed by atoms with Gasteiger partial charge in [0.2, 0.25) is 0 Å². The molecule has 8 heteroatoms. The summed E-state index contributed by atoms with van der Waals surface area (Å²) in [5.41, 5.74) is 3.13. The third-order valence-electron chi connectivity index (χ3n) is 5.66. The first-order chi connectivity index (χ1) is 15.0. The molecule has 1 amide bonds. The summed E-state index contributed by atoms with van der Waals surface area (Å²) in [5.74, 6) is 0.0339. The molecule has 1 fully saturated rings. The minimum atomic E-state index is -0.398. The number of pyridine rings is 1. The van der Waals surface area contributed by atoms with Crippen LogP contribution in [0.5, 0.6) is 0 Å². The number of nitro benzene ring substituents is 1. The lowest BCUT2D eigenvalue weighted by Crippen LogP contribution is -2.48. The molecule has 4 aromatic rings. The summed E-state index contributed by atoms with van der Waals surface area (Å²) in [6.07, 6.45) is 0. The quantitative estimate of drug-likeness (QED) is 0.348. The topological polar surface area (TPSA) is 79.6 Å². The number of fused-ring (bicyclic) bond motifs is 2. The number of benzene rings is 2. The zero-order valence-electron chi connectivity index (χ0n) is 16.9. The second-order valence-electron chi connectivity index (χ2n) is 7.74. The van der Waals surface area contributed by atoms with Crippen LogP contribution < -0.4 is 4.90 Å². The number of carbonyl (C=O) groups excluding carboxylic acids is 1. The Morgan fingerprint density at radius 3 is 2.45 bits per heavy atom. The van der Waals surface area contributed by atoms with Crippen molar-refractivity contribution in [2.24, 2.45) is 0 Å². The SMILES string of the molecule is Cc1ccc2cc3cc(C(=O)N4CCN(c5ccc([N+](=O)[O-])cc5)CC4)sc3nc2c1. The third-order valence-corrected chi connectivity index (χ3v) is 6.70. The number of nitro groups is 1. The highest BCUT2D eigenvalue weighted by atomic mass is 32.1. The number of anilines is 1. The summed E-state index contributed by atoms with van der Waals surface area (Å²) in [6.45, 7) is 4.65. The van der Waals surface area contributed by atoms with Crippen molar-refractivity contribution in [2.75, 3.05) is 31.1 Å². The number of nitrogens with zero attached hydrogens (tertiary/aromatic N) is 4. The number of rotatable bonds is 3. The molecular weight excluding hydrogens is 412 g/mol. The highest BCUT2D eigenvalue weighted by Gasteiger charge is 2.24. The van der Waals surface area contributed by atoms with Gasteiger partial charge < -0.3 is 9.80 Å².